The third-order valence-corrected chi connectivity index (χ3v) is 6.74. The number of piperidine rings is 1. The fraction of sp³-hybridized carbons (Fsp3) is 0.375. The topological polar surface area (TPSA) is 81.8 Å². The van der Waals surface area contributed by atoms with Gasteiger partial charge in [0.05, 0.1) is 5.02 Å². The Balaban J connectivity index is 1.32. The van der Waals surface area contributed by atoms with Gasteiger partial charge in [-0.3, -0.25) is 9.59 Å². The maximum atomic E-state index is 12.9. The molecular weight excluding hydrogens is 432 g/mol. The zero-order chi connectivity index (χ0) is 22.4. The van der Waals surface area contributed by atoms with E-state index in [1.807, 2.05) is 22.5 Å². The van der Waals surface area contributed by atoms with Gasteiger partial charge in [-0.25, -0.2) is 4.79 Å². The first-order chi connectivity index (χ1) is 15.4. The summed E-state index contributed by atoms with van der Waals surface area (Å²) in [5.74, 6) is 0.562. The Kier molecular flexibility index (Phi) is 5.29. The van der Waals surface area contributed by atoms with Crippen molar-refractivity contribution >= 4 is 28.5 Å². The average molecular weight is 455 g/mol. The Morgan fingerprint density at radius 2 is 2.03 bits per heavy atom. The van der Waals surface area contributed by atoms with Gasteiger partial charge in [-0.05, 0) is 36.5 Å². The van der Waals surface area contributed by atoms with Crippen molar-refractivity contribution in [3.05, 3.63) is 73.5 Å². The van der Waals surface area contributed by atoms with Crippen LogP contribution in [0.25, 0.3) is 11.0 Å². The lowest BCUT2D eigenvalue weighted by Crippen LogP contribution is -2.50. The number of nitrogens with zero attached hydrogens (tertiary/aromatic N) is 2. The molecule has 0 aliphatic carbocycles. The number of aromatic nitrogens is 1. The fourth-order valence-electron chi connectivity index (χ4n) is 4.96. The summed E-state index contributed by atoms with van der Waals surface area (Å²) in [6.45, 7) is 3.57. The molecule has 32 heavy (non-hydrogen) atoms. The maximum absolute atomic E-state index is 12.9. The van der Waals surface area contributed by atoms with E-state index in [2.05, 4.69) is 0 Å². The molecule has 2 atom stereocenters. The molecule has 2 aliphatic rings. The number of amides is 1. The van der Waals surface area contributed by atoms with E-state index < -0.39 is 5.63 Å². The first-order valence-corrected chi connectivity index (χ1v) is 11.2. The summed E-state index contributed by atoms with van der Waals surface area (Å²) in [6.07, 6.45) is 1.65. The number of hydrogen-bond acceptors (Lipinski definition) is 5. The molecular formula is C24H23ClN2O5. The van der Waals surface area contributed by atoms with E-state index in [0.717, 1.165) is 23.1 Å². The van der Waals surface area contributed by atoms with Crippen LogP contribution in [0.15, 0.2) is 50.4 Å². The molecule has 0 saturated carbocycles. The third-order valence-electron chi connectivity index (χ3n) is 6.45. The summed E-state index contributed by atoms with van der Waals surface area (Å²) < 4.78 is 12.9. The Morgan fingerprint density at radius 3 is 2.84 bits per heavy atom. The van der Waals surface area contributed by atoms with E-state index in [9.17, 15) is 14.4 Å². The number of hydrogen-bond donors (Lipinski definition) is 0. The van der Waals surface area contributed by atoms with Gasteiger partial charge in [-0.15, -0.1) is 0 Å². The minimum atomic E-state index is -0.432. The van der Waals surface area contributed by atoms with Crippen molar-refractivity contribution in [2.45, 2.75) is 32.2 Å². The predicted molar refractivity (Wildman–Crippen MR) is 120 cm³/mol. The maximum Gasteiger partial charge on any atom is 0.336 e. The Morgan fingerprint density at radius 1 is 1.19 bits per heavy atom. The number of rotatable bonds is 4. The summed E-state index contributed by atoms with van der Waals surface area (Å²) in [4.78, 5) is 38.7. The number of benzene rings is 1. The van der Waals surface area contributed by atoms with Crippen LogP contribution in [0.4, 0.5) is 0 Å². The van der Waals surface area contributed by atoms with Crippen LogP contribution in [0.5, 0.6) is 5.75 Å². The van der Waals surface area contributed by atoms with Gasteiger partial charge in [0.2, 0.25) is 0 Å². The lowest BCUT2D eigenvalue weighted by atomic mass is 9.83. The molecule has 7 nitrogen and oxygen atoms in total. The second-order valence-electron chi connectivity index (χ2n) is 8.51. The van der Waals surface area contributed by atoms with Gasteiger partial charge in [0.25, 0.3) is 11.5 Å². The fourth-order valence-corrected chi connectivity index (χ4v) is 5.18. The molecule has 0 spiro atoms. The molecule has 1 amide bonds. The van der Waals surface area contributed by atoms with Crippen molar-refractivity contribution in [3.8, 4) is 5.75 Å². The Hall–Kier alpha value is -3.06. The molecule has 1 fully saturated rings. The molecule has 166 valence electrons. The molecule has 2 aromatic heterocycles. The van der Waals surface area contributed by atoms with Gasteiger partial charge >= 0.3 is 5.63 Å². The Bertz CT molecular complexity index is 1330. The average Bonchev–Trinajstić information content (AvgIpc) is 2.78. The number of fused-ring (bicyclic) bond motifs is 5. The molecule has 3 aromatic rings. The van der Waals surface area contributed by atoms with Crippen molar-refractivity contribution in [2.75, 3.05) is 19.7 Å². The highest BCUT2D eigenvalue weighted by atomic mass is 35.5. The van der Waals surface area contributed by atoms with E-state index >= 15 is 0 Å². The summed E-state index contributed by atoms with van der Waals surface area (Å²) >= 11 is 6.39. The van der Waals surface area contributed by atoms with E-state index in [4.69, 9.17) is 20.8 Å². The minimum Gasteiger partial charge on any atom is -0.482 e. The monoisotopic (exact) mass is 454 g/mol. The third kappa shape index (κ3) is 3.71. The van der Waals surface area contributed by atoms with Crippen molar-refractivity contribution in [1.82, 2.24) is 9.47 Å². The number of aryl methyl sites for hydroxylation is 1. The van der Waals surface area contributed by atoms with Crippen LogP contribution in [0.3, 0.4) is 0 Å². The number of carbonyl (C=O) groups is 1. The number of likely N-dealkylation sites (tertiary alicyclic amines) is 1. The molecule has 1 aromatic carbocycles. The first-order valence-electron chi connectivity index (χ1n) is 10.8. The van der Waals surface area contributed by atoms with Crippen LogP contribution < -0.4 is 15.9 Å². The van der Waals surface area contributed by atoms with Crippen LogP contribution in [0.2, 0.25) is 5.02 Å². The van der Waals surface area contributed by atoms with E-state index in [-0.39, 0.29) is 29.9 Å². The molecule has 4 heterocycles. The van der Waals surface area contributed by atoms with Gasteiger partial charge in [-0.1, -0.05) is 24.6 Å². The lowest BCUT2D eigenvalue weighted by Gasteiger charge is -2.42. The number of pyridine rings is 1. The second-order valence-corrected chi connectivity index (χ2v) is 8.92. The van der Waals surface area contributed by atoms with Gasteiger partial charge in [-0.2, -0.15) is 0 Å². The zero-order valence-corrected chi connectivity index (χ0v) is 18.4. The number of halogens is 1. The molecule has 0 radical (unpaired) electrons. The minimum absolute atomic E-state index is 0.0177. The van der Waals surface area contributed by atoms with Crippen LogP contribution >= 0.6 is 11.6 Å². The van der Waals surface area contributed by atoms with Crippen LogP contribution in [0.1, 0.15) is 30.5 Å². The number of carbonyl (C=O) groups excluding carboxylic acids is 1. The highest BCUT2D eigenvalue weighted by Gasteiger charge is 2.36. The smallest absolute Gasteiger partial charge is 0.336 e. The predicted octanol–water partition coefficient (Wildman–Crippen LogP) is 3.20. The van der Waals surface area contributed by atoms with E-state index in [1.54, 1.807) is 24.3 Å². The normalized spacial score (nSPS) is 19.6. The lowest BCUT2D eigenvalue weighted by molar-refractivity contribution is -0.136. The largest absolute Gasteiger partial charge is 0.482 e. The number of ether oxygens (including phenoxy) is 1. The molecule has 0 N–H and O–H groups in total. The van der Waals surface area contributed by atoms with Gasteiger partial charge < -0.3 is 18.6 Å². The zero-order valence-electron chi connectivity index (χ0n) is 17.7. The van der Waals surface area contributed by atoms with E-state index in [1.165, 1.54) is 6.07 Å². The second kappa shape index (κ2) is 8.13. The highest BCUT2D eigenvalue weighted by Crippen LogP contribution is 2.35. The molecule has 2 aliphatic heterocycles. The quantitative estimate of drug-likeness (QED) is 0.565. The van der Waals surface area contributed by atoms with Crippen molar-refractivity contribution in [1.29, 1.82) is 0 Å². The van der Waals surface area contributed by atoms with Crippen molar-refractivity contribution in [2.24, 2.45) is 5.92 Å². The highest BCUT2D eigenvalue weighted by molar-refractivity contribution is 6.32. The van der Waals surface area contributed by atoms with E-state index in [0.29, 0.717) is 42.4 Å². The molecule has 5 rings (SSSR count). The molecule has 2 bridgehead atoms. The van der Waals surface area contributed by atoms with Crippen LogP contribution in [-0.2, 0) is 17.8 Å². The Labute approximate surface area is 189 Å². The SMILES string of the molecule is CCc1cc(=O)oc2cc(OCC(=O)N3C[C@@H]4C[C@H](C3)c3cccc(=O)n3C4)c(Cl)cc12. The summed E-state index contributed by atoms with van der Waals surface area (Å²) in [7, 11) is 0. The van der Waals surface area contributed by atoms with Crippen molar-refractivity contribution in [3.63, 3.8) is 0 Å². The molecule has 0 unspecified atom stereocenters. The molecule has 1 saturated heterocycles. The van der Waals surface area contributed by atoms with Gasteiger partial charge in [0.15, 0.2) is 6.61 Å². The van der Waals surface area contributed by atoms with Crippen LogP contribution in [-0.4, -0.2) is 35.1 Å². The van der Waals surface area contributed by atoms with Gasteiger partial charge in [0.1, 0.15) is 11.3 Å². The standard InChI is InChI=1S/C24H23ClN2O5/c1-2-15-7-24(30)32-20-9-21(18(25)8-17(15)20)31-13-23(29)26-10-14-6-16(12-26)19-4-3-5-22(28)27(19)11-14/h3-5,7-9,14,16H,2,6,10-13H2,1H3/t14-,16+/m0/s1. The van der Waals surface area contributed by atoms with Crippen LogP contribution in [0, 0.1) is 5.92 Å². The van der Waals surface area contributed by atoms with Gasteiger partial charge in [0, 0.05) is 54.8 Å². The summed E-state index contributed by atoms with van der Waals surface area (Å²) in [5.41, 5.74) is 1.81. The summed E-state index contributed by atoms with van der Waals surface area (Å²) in [5, 5.41) is 1.12. The first kappa shape index (κ1) is 20.8. The molecule has 8 heteroatoms. The van der Waals surface area contributed by atoms with Crippen molar-refractivity contribution < 1.29 is 13.9 Å². The summed E-state index contributed by atoms with van der Waals surface area (Å²) in [6, 6.07) is 10.1.